The minimum absolute atomic E-state index is 0.0609. The molecule has 5 rings (SSSR count). The Kier molecular flexibility index (Phi) is 5.77. The Morgan fingerprint density at radius 2 is 1.53 bits per heavy atom. The second-order valence-corrected chi connectivity index (χ2v) is 10.1. The first-order valence-electron chi connectivity index (χ1n) is 11.0. The quantitative estimate of drug-likeness (QED) is 0.414. The highest BCUT2D eigenvalue weighted by Crippen LogP contribution is 2.30. The van der Waals surface area contributed by atoms with E-state index in [-0.39, 0.29) is 17.9 Å². The normalized spacial score (nSPS) is 16.6. The van der Waals surface area contributed by atoms with Crippen LogP contribution in [-0.4, -0.2) is 42.1 Å². The highest BCUT2D eigenvalue weighted by Gasteiger charge is 2.46. The van der Waals surface area contributed by atoms with E-state index in [1.165, 1.54) is 16.4 Å². The van der Waals surface area contributed by atoms with Crippen LogP contribution < -0.4 is 4.90 Å². The van der Waals surface area contributed by atoms with Crippen molar-refractivity contribution in [2.75, 3.05) is 11.4 Å². The maximum atomic E-state index is 13.7. The molecule has 34 heavy (non-hydrogen) atoms. The number of nitrogens with one attached hydrogen (secondary N) is 1. The molecule has 1 aromatic heterocycles. The van der Waals surface area contributed by atoms with Crippen LogP contribution in [0, 0.1) is 0 Å². The Hall–Kier alpha value is -3.75. The summed E-state index contributed by atoms with van der Waals surface area (Å²) in [6.45, 7) is 0.0609. The number of imide groups is 1. The number of aromatic amines is 1. The van der Waals surface area contributed by atoms with Crippen molar-refractivity contribution in [1.82, 2.24) is 9.29 Å². The van der Waals surface area contributed by atoms with Gasteiger partial charge in [-0.05, 0) is 42.3 Å². The minimum atomic E-state index is -4.03. The molecule has 2 amide bonds. The summed E-state index contributed by atoms with van der Waals surface area (Å²) in [6.07, 6.45) is 2.04. The van der Waals surface area contributed by atoms with Gasteiger partial charge in [-0.15, -0.1) is 0 Å². The van der Waals surface area contributed by atoms with Crippen LogP contribution in [0.1, 0.15) is 12.0 Å². The first kappa shape index (κ1) is 22.1. The van der Waals surface area contributed by atoms with Crippen molar-refractivity contribution in [2.45, 2.75) is 23.8 Å². The van der Waals surface area contributed by atoms with Crippen molar-refractivity contribution in [3.8, 4) is 0 Å². The third-order valence-electron chi connectivity index (χ3n) is 6.11. The molecule has 0 radical (unpaired) electrons. The molecule has 2 heterocycles. The topological polar surface area (TPSA) is 90.5 Å². The van der Waals surface area contributed by atoms with Gasteiger partial charge in [-0.3, -0.25) is 9.59 Å². The van der Waals surface area contributed by atoms with Gasteiger partial charge in [-0.1, -0.05) is 54.6 Å². The van der Waals surface area contributed by atoms with E-state index < -0.39 is 27.9 Å². The molecule has 3 aromatic carbocycles. The number of anilines is 1. The van der Waals surface area contributed by atoms with E-state index >= 15 is 0 Å². The van der Waals surface area contributed by atoms with E-state index in [9.17, 15) is 18.0 Å². The van der Waals surface area contributed by atoms with Gasteiger partial charge in [0, 0.05) is 23.6 Å². The van der Waals surface area contributed by atoms with Crippen LogP contribution in [0.4, 0.5) is 5.69 Å². The van der Waals surface area contributed by atoms with Crippen molar-refractivity contribution in [3.63, 3.8) is 0 Å². The fourth-order valence-corrected chi connectivity index (χ4v) is 6.03. The van der Waals surface area contributed by atoms with Gasteiger partial charge in [0.2, 0.25) is 15.9 Å². The highest BCUT2D eigenvalue weighted by molar-refractivity contribution is 7.89. The zero-order chi connectivity index (χ0) is 23.7. The van der Waals surface area contributed by atoms with Crippen LogP contribution in [0.15, 0.2) is 96.0 Å². The number of H-pyrrole nitrogens is 1. The summed E-state index contributed by atoms with van der Waals surface area (Å²) in [5.74, 6) is -0.948. The standard InChI is InChI=1S/C26H23N3O4S/c30-25-17-24(26(31)29(25)20-9-3-1-4-10-20)28(34(32,33)21-11-5-2-6-12-21)16-15-19-18-27-23-14-8-7-13-22(19)23/h1-14,18,24,27H,15-17H2. The van der Waals surface area contributed by atoms with Crippen LogP contribution in [0.25, 0.3) is 10.9 Å². The van der Waals surface area contributed by atoms with E-state index in [1.807, 2.05) is 30.5 Å². The van der Waals surface area contributed by atoms with Crippen molar-refractivity contribution in [3.05, 3.63) is 96.7 Å². The van der Waals surface area contributed by atoms with Crippen LogP contribution in [0.5, 0.6) is 0 Å². The molecule has 8 heteroatoms. The number of nitrogens with zero attached hydrogens (tertiary/aromatic N) is 2. The van der Waals surface area contributed by atoms with Gasteiger partial charge < -0.3 is 4.98 Å². The summed E-state index contributed by atoms with van der Waals surface area (Å²) in [7, 11) is -4.03. The third-order valence-corrected chi connectivity index (χ3v) is 8.03. The molecule has 0 spiro atoms. The first-order valence-corrected chi connectivity index (χ1v) is 12.4. The summed E-state index contributed by atoms with van der Waals surface area (Å²) < 4.78 is 28.5. The molecule has 1 N–H and O–H groups in total. The maximum absolute atomic E-state index is 13.7. The molecule has 172 valence electrons. The average Bonchev–Trinajstić information content (AvgIpc) is 3.40. The number of carbonyl (C=O) groups is 2. The van der Waals surface area contributed by atoms with Crippen molar-refractivity contribution < 1.29 is 18.0 Å². The summed E-state index contributed by atoms with van der Waals surface area (Å²) >= 11 is 0. The number of hydrogen-bond acceptors (Lipinski definition) is 4. The SMILES string of the molecule is O=C1CC(N(CCc2c[nH]c3ccccc23)S(=O)(=O)c2ccccc2)C(=O)N1c1ccccc1. The highest BCUT2D eigenvalue weighted by atomic mass is 32.2. The smallest absolute Gasteiger partial charge is 0.252 e. The largest absolute Gasteiger partial charge is 0.361 e. The Morgan fingerprint density at radius 3 is 2.26 bits per heavy atom. The molecule has 1 aliphatic rings. The van der Waals surface area contributed by atoms with Gasteiger partial charge in [-0.25, -0.2) is 13.3 Å². The predicted molar refractivity (Wildman–Crippen MR) is 130 cm³/mol. The molecule has 0 bridgehead atoms. The molecule has 7 nitrogen and oxygen atoms in total. The lowest BCUT2D eigenvalue weighted by Gasteiger charge is -2.27. The molecule has 1 saturated heterocycles. The van der Waals surface area contributed by atoms with Gasteiger partial charge in [0.1, 0.15) is 6.04 Å². The Balaban J connectivity index is 1.50. The van der Waals surface area contributed by atoms with Crippen LogP contribution >= 0.6 is 0 Å². The fourth-order valence-electron chi connectivity index (χ4n) is 4.43. The van der Waals surface area contributed by atoms with Gasteiger partial charge in [-0.2, -0.15) is 4.31 Å². The number of aromatic nitrogens is 1. The zero-order valence-corrected chi connectivity index (χ0v) is 19.1. The van der Waals surface area contributed by atoms with Gasteiger partial charge in [0.15, 0.2) is 0 Å². The second kappa shape index (κ2) is 8.89. The summed E-state index contributed by atoms with van der Waals surface area (Å²) in [5.41, 5.74) is 2.34. The van der Waals surface area contributed by atoms with E-state index in [4.69, 9.17) is 0 Å². The summed E-state index contributed by atoms with van der Waals surface area (Å²) in [6, 6.07) is 23.3. The number of hydrogen-bond donors (Lipinski definition) is 1. The number of benzene rings is 3. The van der Waals surface area contributed by atoms with E-state index in [1.54, 1.807) is 48.5 Å². The molecule has 1 atom stereocenters. The number of para-hydroxylation sites is 2. The number of rotatable bonds is 7. The lowest BCUT2D eigenvalue weighted by atomic mass is 10.1. The summed E-state index contributed by atoms with van der Waals surface area (Å²) in [4.78, 5) is 30.6. The third kappa shape index (κ3) is 3.91. The minimum Gasteiger partial charge on any atom is -0.361 e. The molecule has 1 aliphatic heterocycles. The van der Waals surface area contributed by atoms with Gasteiger partial charge >= 0.3 is 0 Å². The molecule has 0 saturated carbocycles. The second-order valence-electron chi connectivity index (χ2n) is 8.16. The van der Waals surface area contributed by atoms with E-state index in [2.05, 4.69) is 4.98 Å². The molecular formula is C26H23N3O4S. The van der Waals surface area contributed by atoms with Crippen molar-refractivity contribution in [1.29, 1.82) is 0 Å². The fraction of sp³-hybridized carbons (Fsp3) is 0.154. The number of amides is 2. The van der Waals surface area contributed by atoms with Gasteiger partial charge in [0.25, 0.3) is 5.91 Å². The lowest BCUT2D eigenvalue weighted by molar-refractivity contribution is -0.122. The average molecular weight is 474 g/mol. The Morgan fingerprint density at radius 1 is 0.882 bits per heavy atom. The molecule has 1 unspecified atom stereocenters. The molecular weight excluding hydrogens is 450 g/mol. The maximum Gasteiger partial charge on any atom is 0.252 e. The molecule has 4 aromatic rings. The molecule has 1 fully saturated rings. The van der Waals surface area contributed by atoms with Crippen LogP contribution in [0.3, 0.4) is 0 Å². The predicted octanol–water partition coefficient (Wildman–Crippen LogP) is 3.73. The lowest BCUT2D eigenvalue weighted by Crippen LogP contribution is -2.46. The summed E-state index contributed by atoms with van der Waals surface area (Å²) in [5, 5.41) is 0.999. The van der Waals surface area contributed by atoms with Crippen LogP contribution in [0.2, 0.25) is 0 Å². The molecule has 0 aliphatic carbocycles. The Bertz CT molecular complexity index is 1450. The number of fused-ring (bicyclic) bond motifs is 1. The van der Waals surface area contributed by atoms with E-state index in [0.29, 0.717) is 12.1 Å². The monoisotopic (exact) mass is 473 g/mol. The Labute approximate surface area is 197 Å². The number of sulfonamides is 1. The first-order chi connectivity index (χ1) is 16.5. The van der Waals surface area contributed by atoms with Gasteiger partial charge in [0.05, 0.1) is 17.0 Å². The van der Waals surface area contributed by atoms with Crippen molar-refractivity contribution in [2.24, 2.45) is 0 Å². The van der Waals surface area contributed by atoms with E-state index in [0.717, 1.165) is 21.4 Å². The van der Waals surface area contributed by atoms with Crippen molar-refractivity contribution >= 4 is 38.4 Å². The number of carbonyl (C=O) groups excluding carboxylic acids is 2. The zero-order valence-electron chi connectivity index (χ0n) is 18.3. The van der Waals surface area contributed by atoms with Crippen LogP contribution in [-0.2, 0) is 26.0 Å².